The molecule has 2 aromatic carbocycles. The Balaban J connectivity index is 1.94. The highest BCUT2D eigenvalue weighted by atomic mass is 19.2. The van der Waals surface area contributed by atoms with E-state index in [1.807, 2.05) is 0 Å². The van der Waals surface area contributed by atoms with Gasteiger partial charge < -0.3 is 5.32 Å². The maximum atomic E-state index is 13.5. The van der Waals surface area contributed by atoms with Crippen LogP contribution in [-0.2, 0) is 11.3 Å². The van der Waals surface area contributed by atoms with Gasteiger partial charge in [0.15, 0.2) is 17.5 Å². The Morgan fingerprint density at radius 2 is 1.76 bits per heavy atom. The number of nitrogens with zero attached hydrogens (tertiary/aromatic N) is 2. The van der Waals surface area contributed by atoms with Crippen molar-refractivity contribution in [1.82, 2.24) is 4.90 Å². The Kier molecular flexibility index (Phi) is 5.71. The fraction of sp³-hybridized carbons (Fsp3) is 0.188. The van der Waals surface area contributed by atoms with Crippen LogP contribution < -0.4 is 5.32 Å². The van der Waals surface area contributed by atoms with Gasteiger partial charge in [-0.1, -0.05) is 12.1 Å². The highest BCUT2D eigenvalue weighted by Gasteiger charge is 2.16. The van der Waals surface area contributed by atoms with Crippen molar-refractivity contribution in [3.05, 3.63) is 69.5 Å². The summed E-state index contributed by atoms with van der Waals surface area (Å²) in [4.78, 5) is 23.5. The molecule has 2 rings (SSSR count). The summed E-state index contributed by atoms with van der Waals surface area (Å²) in [5.41, 5.74) is 0.241. The van der Waals surface area contributed by atoms with Crippen LogP contribution in [0.1, 0.15) is 5.56 Å². The van der Waals surface area contributed by atoms with Crippen LogP contribution in [-0.4, -0.2) is 29.3 Å². The first-order valence-corrected chi connectivity index (χ1v) is 7.13. The molecule has 0 aliphatic rings. The number of carbonyl (C=O) groups is 1. The maximum absolute atomic E-state index is 13.5. The van der Waals surface area contributed by atoms with Crippen molar-refractivity contribution in [2.24, 2.45) is 0 Å². The first-order chi connectivity index (χ1) is 11.8. The van der Waals surface area contributed by atoms with E-state index >= 15 is 0 Å². The third-order valence-corrected chi connectivity index (χ3v) is 3.32. The molecule has 0 heterocycles. The second kappa shape index (κ2) is 7.75. The molecular formula is C16H14F3N3O3. The number of nitro groups is 1. The average molecular weight is 353 g/mol. The van der Waals surface area contributed by atoms with Gasteiger partial charge in [-0.15, -0.1) is 0 Å². The number of hydrogen-bond donors (Lipinski definition) is 1. The molecule has 0 unspecified atom stereocenters. The van der Waals surface area contributed by atoms with Crippen LogP contribution in [0.25, 0.3) is 0 Å². The standard InChI is InChI=1S/C16H14F3N3O3/c1-21(8-10-2-4-11(5-3-10)22(24)25)9-14(23)20-13-7-6-12(17)15(18)16(13)19/h2-7H,8-9H2,1H3,(H,20,23). The van der Waals surface area contributed by atoms with Gasteiger partial charge in [0.2, 0.25) is 5.91 Å². The molecule has 0 saturated heterocycles. The number of anilines is 1. The lowest BCUT2D eigenvalue weighted by Gasteiger charge is -2.16. The molecule has 0 bridgehead atoms. The molecule has 0 atom stereocenters. The minimum Gasteiger partial charge on any atom is -0.322 e. The molecule has 0 fully saturated rings. The molecular weight excluding hydrogens is 339 g/mol. The van der Waals surface area contributed by atoms with E-state index < -0.39 is 34.0 Å². The summed E-state index contributed by atoms with van der Waals surface area (Å²) < 4.78 is 39.5. The van der Waals surface area contributed by atoms with Crippen LogP contribution in [0.4, 0.5) is 24.5 Å². The summed E-state index contributed by atoms with van der Waals surface area (Å²) in [6.07, 6.45) is 0. The topological polar surface area (TPSA) is 75.5 Å². The number of nitrogens with one attached hydrogen (secondary N) is 1. The minimum atomic E-state index is -1.66. The molecule has 132 valence electrons. The number of hydrogen-bond acceptors (Lipinski definition) is 4. The highest BCUT2D eigenvalue weighted by molar-refractivity contribution is 5.92. The summed E-state index contributed by atoms with van der Waals surface area (Å²) in [5.74, 6) is -5.08. The lowest BCUT2D eigenvalue weighted by Crippen LogP contribution is -2.30. The van der Waals surface area contributed by atoms with E-state index in [0.29, 0.717) is 12.6 Å². The van der Waals surface area contributed by atoms with E-state index in [0.717, 1.165) is 11.6 Å². The van der Waals surface area contributed by atoms with Crippen LogP contribution in [0.3, 0.4) is 0 Å². The van der Waals surface area contributed by atoms with Crippen LogP contribution in [0.5, 0.6) is 0 Å². The molecule has 0 radical (unpaired) electrons. The van der Waals surface area contributed by atoms with Crippen molar-refractivity contribution >= 4 is 17.3 Å². The van der Waals surface area contributed by atoms with E-state index in [2.05, 4.69) is 5.32 Å². The predicted octanol–water partition coefficient (Wildman–Crippen LogP) is 3.08. The highest BCUT2D eigenvalue weighted by Crippen LogP contribution is 2.19. The lowest BCUT2D eigenvalue weighted by atomic mass is 10.2. The number of nitro benzene ring substituents is 1. The molecule has 2 aromatic rings. The molecule has 1 N–H and O–H groups in total. The second-order valence-electron chi connectivity index (χ2n) is 5.37. The number of halogens is 3. The molecule has 0 aliphatic heterocycles. The Morgan fingerprint density at radius 3 is 2.36 bits per heavy atom. The van der Waals surface area contributed by atoms with Crippen LogP contribution in [0.15, 0.2) is 36.4 Å². The normalized spacial score (nSPS) is 10.8. The van der Waals surface area contributed by atoms with Crippen molar-refractivity contribution in [2.75, 3.05) is 18.9 Å². The quantitative estimate of drug-likeness (QED) is 0.492. The smallest absolute Gasteiger partial charge is 0.269 e. The van der Waals surface area contributed by atoms with E-state index in [1.54, 1.807) is 24.1 Å². The van der Waals surface area contributed by atoms with Crippen molar-refractivity contribution in [2.45, 2.75) is 6.54 Å². The van der Waals surface area contributed by atoms with Gasteiger partial charge in [-0.2, -0.15) is 0 Å². The number of amides is 1. The minimum absolute atomic E-state index is 0.0436. The lowest BCUT2D eigenvalue weighted by molar-refractivity contribution is -0.384. The Hall–Kier alpha value is -2.94. The van der Waals surface area contributed by atoms with Crippen LogP contribution >= 0.6 is 0 Å². The molecule has 0 spiro atoms. The summed E-state index contributed by atoms with van der Waals surface area (Å²) in [7, 11) is 1.61. The third kappa shape index (κ3) is 4.77. The number of likely N-dealkylation sites (N-methyl/N-ethyl adjacent to an activating group) is 1. The monoisotopic (exact) mass is 353 g/mol. The summed E-state index contributed by atoms with van der Waals surface area (Å²) in [6.45, 7) is 0.168. The Labute approximate surface area is 141 Å². The van der Waals surface area contributed by atoms with E-state index in [1.165, 1.54) is 12.1 Å². The van der Waals surface area contributed by atoms with Gasteiger partial charge in [-0.05, 0) is 24.7 Å². The molecule has 0 saturated carbocycles. The van der Waals surface area contributed by atoms with Crippen molar-refractivity contribution in [3.8, 4) is 0 Å². The summed E-state index contributed by atoms with van der Waals surface area (Å²) in [5, 5.41) is 12.8. The zero-order valence-electron chi connectivity index (χ0n) is 13.1. The average Bonchev–Trinajstić information content (AvgIpc) is 2.55. The van der Waals surface area contributed by atoms with Gasteiger partial charge in [0.25, 0.3) is 5.69 Å². The van der Waals surface area contributed by atoms with E-state index in [-0.39, 0.29) is 12.2 Å². The van der Waals surface area contributed by atoms with Crippen LogP contribution in [0, 0.1) is 27.6 Å². The Bertz CT molecular complexity index is 797. The van der Waals surface area contributed by atoms with Gasteiger partial charge in [-0.3, -0.25) is 19.8 Å². The maximum Gasteiger partial charge on any atom is 0.269 e. The zero-order chi connectivity index (χ0) is 18.6. The SMILES string of the molecule is CN(CC(=O)Nc1ccc(F)c(F)c1F)Cc1ccc([N+](=O)[O-])cc1. The number of carbonyl (C=O) groups excluding carboxylic acids is 1. The third-order valence-electron chi connectivity index (χ3n) is 3.32. The predicted molar refractivity (Wildman–Crippen MR) is 84.4 cm³/mol. The fourth-order valence-corrected chi connectivity index (χ4v) is 2.15. The van der Waals surface area contributed by atoms with Gasteiger partial charge in [0.1, 0.15) is 0 Å². The summed E-state index contributed by atoms with van der Waals surface area (Å²) >= 11 is 0. The molecule has 1 amide bonds. The first-order valence-electron chi connectivity index (χ1n) is 7.13. The van der Waals surface area contributed by atoms with Gasteiger partial charge in [0, 0.05) is 18.7 Å². The number of rotatable bonds is 6. The summed E-state index contributed by atoms with van der Waals surface area (Å²) in [6, 6.07) is 7.46. The molecule has 9 heteroatoms. The largest absolute Gasteiger partial charge is 0.322 e. The molecule has 25 heavy (non-hydrogen) atoms. The first kappa shape index (κ1) is 18.4. The molecule has 0 aliphatic carbocycles. The van der Waals surface area contributed by atoms with Gasteiger partial charge >= 0.3 is 0 Å². The molecule has 6 nitrogen and oxygen atoms in total. The van der Waals surface area contributed by atoms with Gasteiger partial charge in [-0.25, -0.2) is 13.2 Å². The van der Waals surface area contributed by atoms with E-state index in [4.69, 9.17) is 0 Å². The van der Waals surface area contributed by atoms with Gasteiger partial charge in [0.05, 0.1) is 17.2 Å². The zero-order valence-corrected chi connectivity index (χ0v) is 13.1. The van der Waals surface area contributed by atoms with Crippen molar-refractivity contribution < 1.29 is 22.9 Å². The second-order valence-corrected chi connectivity index (χ2v) is 5.37. The Morgan fingerprint density at radius 1 is 1.12 bits per heavy atom. The van der Waals surface area contributed by atoms with Crippen molar-refractivity contribution in [3.63, 3.8) is 0 Å². The van der Waals surface area contributed by atoms with E-state index in [9.17, 15) is 28.1 Å². The number of non-ortho nitro benzene ring substituents is 1. The molecule has 0 aromatic heterocycles. The fourth-order valence-electron chi connectivity index (χ4n) is 2.15. The van der Waals surface area contributed by atoms with Crippen LogP contribution in [0.2, 0.25) is 0 Å². The van der Waals surface area contributed by atoms with Crippen molar-refractivity contribution in [1.29, 1.82) is 0 Å². The number of benzene rings is 2.